The molecule has 2 aliphatic heterocycles. The van der Waals surface area contributed by atoms with Gasteiger partial charge in [0, 0.05) is 38.8 Å². The SMILES string of the molecule is CS(=O)(=O)c1ccc(Br)cc1C1NC(=O)CC(c2cccc(Cl)c2)C12C(=O)Nc1cc(Cl)ccc12. The monoisotopic (exact) mass is 592 g/mol. The van der Waals surface area contributed by atoms with Gasteiger partial charge in [0.05, 0.1) is 10.9 Å². The number of carbonyl (C=O) groups is 2. The average molecular weight is 594 g/mol. The Kier molecular flexibility index (Phi) is 5.99. The molecular formula is C25H19BrCl2N2O4S. The second kappa shape index (κ2) is 8.62. The second-order valence-electron chi connectivity index (χ2n) is 8.78. The number of anilines is 1. The number of carbonyl (C=O) groups excluding carboxylic acids is 2. The highest BCUT2D eigenvalue weighted by Gasteiger charge is 2.61. The fraction of sp³-hybridized carbons (Fsp3) is 0.200. The average Bonchev–Trinajstić information content (AvgIpc) is 3.05. The Balaban J connectivity index is 1.87. The lowest BCUT2D eigenvalue weighted by atomic mass is 9.59. The van der Waals surface area contributed by atoms with Crippen LogP contribution in [0.4, 0.5) is 5.69 Å². The molecule has 0 saturated carbocycles. The number of amides is 2. The summed E-state index contributed by atoms with van der Waals surface area (Å²) < 4.78 is 26.2. The van der Waals surface area contributed by atoms with Crippen LogP contribution < -0.4 is 10.6 Å². The van der Waals surface area contributed by atoms with Gasteiger partial charge < -0.3 is 10.6 Å². The van der Waals surface area contributed by atoms with Gasteiger partial charge in [0.1, 0.15) is 5.41 Å². The Hall–Kier alpha value is -2.39. The van der Waals surface area contributed by atoms with E-state index in [-0.39, 0.29) is 23.1 Å². The fourth-order valence-corrected chi connectivity index (χ4v) is 7.02. The molecule has 3 atom stereocenters. The Bertz CT molecular complexity index is 1510. The molecule has 1 saturated heterocycles. The molecule has 2 aliphatic rings. The third-order valence-corrected chi connectivity index (χ3v) is 8.82. The molecule has 10 heteroatoms. The van der Waals surface area contributed by atoms with Crippen molar-refractivity contribution in [2.24, 2.45) is 0 Å². The standard InChI is InChI=1S/C25H19BrCl2N2O4S/c1-35(33,34)21-8-5-14(26)10-17(21)23-25(18-7-6-16(28)11-20(18)29-24(25)32)19(12-22(31)30-23)13-3-2-4-15(27)9-13/h2-11,19,23H,12H2,1H3,(H,29,32)(H,30,31). The number of piperidine rings is 1. The van der Waals surface area contributed by atoms with Crippen molar-refractivity contribution in [1.82, 2.24) is 5.32 Å². The maximum Gasteiger partial charge on any atom is 0.238 e. The topological polar surface area (TPSA) is 92.3 Å². The van der Waals surface area contributed by atoms with Crippen LogP contribution in [0, 0.1) is 0 Å². The highest BCUT2D eigenvalue weighted by molar-refractivity contribution is 9.10. The van der Waals surface area contributed by atoms with Gasteiger partial charge in [0.25, 0.3) is 0 Å². The number of benzene rings is 3. The maximum atomic E-state index is 14.0. The van der Waals surface area contributed by atoms with Crippen LogP contribution in [0.1, 0.15) is 35.1 Å². The van der Waals surface area contributed by atoms with Crippen molar-refractivity contribution in [3.8, 4) is 0 Å². The van der Waals surface area contributed by atoms with Gasteiger partial charge in [0.15, 0.2) is 9.84 Å². The highest BCUT2D eigenvalue weighted by Crippen LogP contribution is 2.58. The molecule has 180 valence electrons. The van der Waals surface area contributed by atoms with Gasteiger partial charge in [-0.3, -0.25) is 9.59 Å². The van der Waals surface area contributed by atoms with E-state index in [1.165, 1.54) is 6.07 Å². The summed E-state index contributed by atoms with van der Waals surface area (Å²) in [5.74, 6) is -1.29. The molecule has 0 radical (unpaired) electrons. The highest BCUT2D eigenvalue weighted by atomic mass is 79.9. The Morgan fingerprint density at radius 3 is 2.46 bits per heavy atom. The van der Waals surface area contributed by atoms with E-state index in [0.29, 0.717) is 36.9 Å². The number of hydrogen-bond donors (Lipinski definition) is 2. The first kappa shape index (κ1) is 24.3. The van der Waals surface area contributed by atoms with Gasteiger partial charge >= 0.3 is 0 Å². The van der Waals surface area contributed by atoms with Crippen LogP contribution in [0.2, 0.25) is 10.0 Å². The first-order valence-corrected chi connectivity index (χ1v) is 14.1. The quantitative estimate of drug-likeness (QED) is 0.426. The van der Waals surface area contributed by atoms with Gasteiger partial charge in [-0.25, -0.2) is 8.42 Å². The van der Waals surface area contributed by atoms with Crippen molar-refractivity contribution in [2.75, 3.05) is 11.6 Å². The number of halogens is 3. The maximum absolute atomic E-state index is 14.0. The fourth-order valence-electron chi connectivity index (χ4n) is 5.35. The molecule has 2 amide bonds. The smallest absolute Gasteiger partial charge is 0.238 e. The molecular weight excluding hydrogens is 575 g/mol. The van der Waals surface area contributed by atoms with Crippen LogP contribution in [0.3, 0.4) is 0 Å². The number of rotatable bonds is 3. The third kappa shape index (κ3) is 3.96. The van der Waals surface area contributed by atoms with E-state index in [4.69, 9.17) is 23.2 Å². The molecule has 0 aliphatic carbocycles. The van der Waals surface area contributed by atoms with Gasteiger partial charge in [-0.1, -0.05) is 57.3 Å². The van der Waals surface area contributed by atoms with Crippen LogP contribution >= 0.6 is 39.1 Å². The lowest BCUT2D eigenvalue weighted by Gasteiger charge is -2.46. The van der Waals surface area contributed by atoms with Crippen LogP contribution in [0.15, 0.2) is 70.0 Å². The summed E-state index contributed by atoms with van der Waals surface area (Å²) in [4.78, 5) is 27.2. The zero-order valence-corrected chi connectivity index (χ0v) is 22.2. The molecule has 3 aromatic rings. The zero-order chi connectivity index (χ0) is 25.1. The summed E-state index contributed by atoms with van der Waals surface area (Å²) in [5.41, 5.74) is 0.803. The van der Waals surface area contributed by atoms with Gasteiger partial charge in [-0.15, -0.1) is 0 Å². The minimum absolute atomic E-state index is 0.00847. The van der Waals surface area contributed by atoms with Gasteiger partial charge in [-0.2, -0.15) is 0 Å². The summed E-state index contributed by atoms with van der Waals surface area (Å²) in [7, 11) is -3.70. The Morgan fingerprint density at radius 1 is 1.00 bits per heavy atom. The number of nitrogens with one attached hydrogen (secondary N) is 2. The van der Waals surface area contributed by atoms with E-state index >= 15 is 0 Å². The van der Waals surface area contributed by atoms with Crippen molar-refractivity contribution in [1.29, 1.82) is 0 Å². The molecule has 1 spiro atoms. The van der Waals surface area contributed by atoms with Gasteiger partial charge in [0.2, 0.25) is 11.8 Å². The minimum atomic E-state index is -3.70. The van der Waals surface area contributed by atoms with Gasteiger partial charge in [-0.05, 0) is 59.2 Å². The van der Waals surface area contributed by atoms with Crippen molar-refractivity contribution >= 4 is 66.5 Å². The van der Waals surface area contributed by atoms with Crippen LogP contribution in [0.25, 0.3) is 0 Å². The van der Waals surface area contributed by atoms with E-state index in [9.17, 15) is 18.0 Å². The Labute approximate surface area is 221 Å². The first-order valence-electron chi connectivity index (χ1n) is 10.7. The second-order valence-corrected chi connectivity index (χ2v) is 12.6. The van der Waals surface area contributed by atoms with Crippen LogP contribution in [-0.4, -0.2) is 26.5 Å². The van der Waals surface area contributed by atoms with Crippen molar-refractivity contribution in [3.05, 3.63) is 91.9 Å². The molecule has 1 fully saturated rings. The van der Waals surface area contributed by atoms with E-state index in [1.807, 2.05) is 6.07 Å². The van der Waals surface area contributed by atoms with Crippen molar-refractivity contribution in [2.45, 2.75) is 28.7 Å². The summed E-state index contributed by atoms with van der Waals surface area (Å²) in [6, 6.07) is 15.9. The molecule has 2 heterocycles. The van der Waals surface area contributed by atoms with E-state index in [1.54, 1.807) is 48.5 Å². The molecule has 0 bridgehead atoms. The number of fused-ring (bicyclic) bond motifs is 2. The molecule has 0 aromatic heterocycles. The summed E-state index contributed by atoms with van der Waals surface area (Å²) in [6.45, 7) is 0. The van der Waals surface area contributed by atoms with E-state index in [2.05, 4.69) is 26.6 Å². The number of sulfone groups is 1. The van der Waals surface area contributed by atoms with Crippen LogP contribution in [0.5, 0.6) is 0 Å². The molecule has 35 heavy (non-hydrogen) atoms. The summed E-state index contributed by atoms with van der Waals surface area (Å²) in [5, 5.41) is 6.79. The van der Waals surface area contributed by atoms with E-state index in [0.717, 1.165) is 6.26 Å². The summed E-state index contributed by atoms with van der Waals surface area (Å²) >= 11 is 16.0. The van der Waals surface area contributed by atoms with Crippen molar-refractivity contribution in [3.63, 3.8) is 0 Å². The molecule has 2 N–H and O–H groups in total. The zero-order valence-electron chi connectivity index (χ0n) is 18.3. The molecule has 3 aromatic carbocycles. The predicted octanol–water partition coefficient (Wildman–Crippen LogP) is 5.39. The minimum Gasteiger partial charge on any atom is -0.348 e. The molecule has 3 unspecified atom stereocenters. The molecule has 5 rings (SSSR count). The number of hydrogen-bond acceptors (Lipinski definition) is 4. The summed E-state index contributed by atoms with van der Waals surface area (Å²) in [6.07, 6.45) is 1.11. The largest absolute Gasteiger partial charge is 0.348 e. The van der Waals surface area contributed by atoms with E-state index < -0.39 is 27.2 Å². The predicted molar refractivity (Wildman–Crippen MR) is 139 cm³/mol. The third-order valence-electron chi connectivity index (χ3n) is 6.68. The lowest BCUT2D eigenvalue weighted by Crippen LogP contribution is -2.57. The molecule has 6 nitrogen and oxygen atoms in total. The Morgan fingerprint density at radius 2 is 1.74 bits per heavy atom. The van der Waals surface area contributed by atoms with Crippen LogP contribution in [-0.2, 0) is 24.8 Å². The normalized spacial score (nSPS) is 23.7. The van der Waals surface area contributed by atoms with Crippen molar-refractivity contribution < 1.29 is 18.0 Å². The first-order chi connectivity index (χ1) is 16.5. The lowest BCUT2D eigenvalue weighted by molar-refractivity contribution is -0.131.